The predicted molar refractivity (Wildman–Crippen MR) is 148 cm³/mol. The number of allylic oxidation sites excluding steroid dienone is 2. The van der Waals surface area contributed by atoms with Crippen LogP contribution in [0.1, 0.15) is 73.6 Å². The zero-order valence-corrected chi connectivity index (χ0v) is 24.2. The minimum absolute atomic E-state index is 0.0261. The highest BCUT2D eigenvalue weighted by Gasteiger charge is 2.38. The Kier molecular flexibility index (Phi) is 15.9. The number of thioether (sulfide) groups is 2. The second kappa shape index (κ2) is 17.1. The zero-order valence-electron chi connectivity index (χ0n) is 22.5. The van der Waals surface area contributed by atoms with Crippen molar-refractivity contribution in [3.8, 4) is 0 Å². The van der Waals surface area contributed by atoms with E-state index in [0.717, 1.165) is 17.9 Å². The lowest BCUT2D eigenvalue weighted by atomic mass is 9.97. The minimum atomic E-state index is -0.620. The van der Waals surface area contributed by atoms with E-state index in [0.29, 0.717) is 39.1 Å². The second-order valence-electron chi connectivity index (χ2n) is 10.1. The van der Waals surface area contributed by atoms with Gasteiger partial charge in [0.15, 0.2) is 6.29 Å². The third kappa shape index (κ3) is 13.6. The van der Waals surface area contributed by atoms with Gasteiger partial charge in [0.25, 0.3) is 0 Å². The summed E-state index contributed by atoms with van der Waals surface area (Å²) in [4.78, 5) is 11.8. The molecule has 0 unspecified atom stereocenters. The monoisotopic (exact) mass is 532 g/mol. The number of carbonyl (C=O) groups is 1. The van der Waals surface area contributed by atoms with E-state index in [1.54, 1.807) is 6.08 Å². The van der Waals surface area contributed by atoms with Gasteiger partial charge in [0, 0.05) is 19.6 Å². The van der Waals surface area contributed by atoms with Gasteiger partial charge in [-0.05, 0) is 77.7 Å². The van der Waals surface area contributed by atoms with Gasteiger partial charge in [0.05, 0.1) is 28.3 Å². The number of rotatable bonds is 16. The molecule has 0 bridgehead atoms. The molecular weight excluding hydrogens is 484 g/mol. The van der Waals surface area contributed by atoms with Crippen LogP contribution in [-0.4, -0.2) is 70.1 Å². The molecule has 1 saturated heterocycles. The highest BCUT2D eigenvalue weighted by Crippen LogP contribution is 2.49. The van der Waals surface area contributed by atoms with Crippen molar-refractivity contribution in [2.24, 2.45) is 11.3 Å². The number of hydrogen-bond acceptors (Lipinski definition) is 8. The van der Waals surface area contributed by atoms with Crippen LogP contribution in [0.2, 0.25) is 0 Å². The van der Waals surface area contributed by atoms with Crippen molar-refractivity contribution < 1.29 is 29.2 Å². The van der Waals surface area contributed by atoms with Crippen molar-refractivity contribution in [1.82, 2.24) is 0 Å². The Morgan fingerprint density at radius 3 is 2.26 bits per heavy atom. The summed E-state index contributed by atoms with van der Waals surface area (Å²) in [6.45, 7) is 12.9. The van der Waals surface area contributed by atoms with Crippen LogP contribution >= 0.6 is 23.5 Å². The molecule has 6 nitrogen and oxygen atoms in total. The quantitative estimate of drug-likeness (QED) is 0.152. The molecule has 8 heteroatoms. The average Bonchev–Trinajstić information content (AvgIpc) is 2.78. The van der Waals surface area contributed by atoms with Gasteiger partial charge in [-0.1, -0.05) is 31.2 Å². The number of ether oxygens (including phenoxy) is 3. The van der Waals surface area contributed by atoms with Crippen LogP contribution in [0.3, 0.4) is 0 Å². The van der Waals surface area contributed by atoms with Gasteiger partial charge in [-0.15, -0.1) is 23.5 Å². The molecule has 0 amide bonds. The van der Waals surface area contributed by atoms with Gasteiger partial charge in [-0.25, -0.2) is 0 Å². The van der Waals surface area contributed by atoms with E-state index in [1.807, 2.05) is 83.3 Å². The summed E-state index contributed by atoms with van der Waals surface area (Å²) in [6.07, 6.45) is 9.83. The van der Waals surface area contributed by atoms with E-state index in [-0.39, 0.29) is 22.3 Å². The Hall–Kier alpha value is -0.510. The standard InChI is InChI=1S/C27H48O6S2/c1-7-31-24(32-8-2)20-27(34-17-12-18-35-27)19-22(28)13-10-9-11-14-23(29)21(3)15-16-33-25(30)26(4,5)6/h9-11,14,21-24,28-29H,7-8,12-13,15-20H2,1-6H3/b10-9+,14-11-/t21-,22+,23+/m1/s1. The summed E-state index contributed by atoms with van der Waals surface area (Å²) in [5.41, 5.74) is -0.514. The van der Waals surface area contributed by atoms with Crippen molar-refractivity contribution in [3.05, 3.63) is 24.3 Å². The van der Waals surface area contributed by atoms with Crippen LogP contribution in [0.5, 0.6) is 0 Å². The summed E-state index contributed by atoms with van der Waals surface area (Å²) in [5.74, 6) is 1.93. The Labute approximate surface area is 221 Å². The number of carbonyl (C=O) groups excluding carboxylic acids is 1. The van der Waals surface area contributed by atoms with Crippen LogP contribution in [0.15, 0.2) is 24.3 Å². The fourth-order valence-corrected chi connectivity index (χ4v) is 7.04. The van der Waals surface area contributed by atoms with Crippen molar-refractivity contribution in [1.29, 1.82) is 0 Å². The molecule has 0 radical (unpaired) electrons. The van der Waals surface area contributed by atoms with Gasteiger partial charge >= 0.3 is 5.97 Å². The maximum absolute atomic E-state index is 11.8. The van der Waals surface area contributed by atoms with Gasteiger partial charge in [-0.3, -0.25) is 4.79 Å². The predicted octanol–water partition coefficient (Wildman–Crippen LogP) is 5.57. The van der Waals surface area contributed by atoms with E-state index < -0.39 is 17.6 Å². The summed E-state index contributed by atoms with van der Waals surface area (Å²) < 4.78 is 16.8. The SMILES string of the molecule is CCOC(CC1(C[C@@H](O)C/C=C/C=C\[C@H](O)[C@H](C)CCOC(=O)C(C)(C)C)SCCCS1)OCC. The molecule has 0 aliphatic carbocycles. The fourth-order valence-electron chi connectivity index (χ4n) is 3.58. The molecule has 2 N–H and O–H groups in total. The lowest BCUT2D eigenvalue weighted by Gasteiger charge is -2.39. The minimum Gasteiger partial charge on any atom is -0.465 e. The van der Waals surface area contributed by atoms with Gasteiger partial charge in [0.1, 0.15) is 0 Å². The first kappa shape index (κ1) is 32.5. The van der Waals surface area contributed by atoms with Gasteiger partial charge < -0.3 is 24.4 Å². The lowest BCUT2D eigenvalue weighted by Crippen LogP contribution is -2.36. The van der Waals surface area contributed by atoms with Crippen LogP contribution in [0, 0.1) is 11.3 Å². The lowest BCUT2D eigenvalue weighted by molar-refractivity contribution is -0.153. The summed E-state index contributed by atoms with van der Waals surface area (Å²) in [7, 11) is 0. The van der Waals surface area contributed by atoms with Gasteiger partial charge in [-0.2, -0.15) is 0 Å². The molecule has 1 aliphatic heterocycles. The molecule has 204 valence electrons. The van der Waals surface area contributed by atoms with Crippen LogP contribution < -0.4 is 0 Å². The zero-order chi connectivity index (χ0) is 26.3. The molecule has 1 heterocycles. The Balaban J connectivity index is 2.49. The number of aliphatic hydroxyl groups excluding tert-OH is 2. The third-order valence-corrected chi connectivity index (χ3v) is 9.13. The molecule has 35 heavy (non-hydrogen) atoms. The number of aliphatic hydroxyl groups is 2. The van der Waals surface area contributed by atoms with E-state index in [2.05, 4.69) is 0 Å². The molecule has 0 spiro atoms. The topological polar surface area (TPSA) is 85.2 Å². The van der Waals surface area contributed by atoms with Crippen LogP contribution in [0.25, 0.3) is 0 Å². The van der Waals surface area contributed by atoms with Crippen molar-refractivity contribution in [2.75, 3.05) is 31.3 Å². The molecule has 1 fully saturated rings. The Bertz CT molecular complexity index is 634. The third-order valence-electron chi connectivity index (χ3n) is 5.71. The summed E-state index contributed by atoms with van der Waals surface area (Å²) in [6, 6.07) is 0. The molecule has 3 atom stereocenters. The maximum atomic E-state index is 11.8. The summed E-state index contributed by atoms with van der Waals surface area (Å²) >= 11 is 3.84. The molecule has 1 rings (SSSR count). The smallest absolute Gasteiger partial charge is 0.311 e. The van der Waals surface area contributed by atoms with E-state index >= 15 is 0 Å². The summed E-state index contributed by atoms with van der Waals surface area (Å²) in [5, 5.41) is 21.1. The van der Waals surface area contributed by atoms with E-state index in [1.165, 1.54) is 6.42 Å². The van der Waals surface area contributed by atoms with E-state index in [9.17, 15) is 15.0 Å². The first-order valence-electron chi connectivity index (χ1n) is 12.9. The van der Waals surface area contributed by atoms with Crippen molar-refractivity contribution in [3.63, 3.8) is 0 Å². The highest BCUT2D eigenvalue weighted by atomic mass is 32.2. The Morgan fingerprint density at radius 1 is 1.06 bits per heavy atom. The van der Waals surface area contributed by atoms with Crippen LogP contribution in [-0.2, 0) is 19.0 Å². The van der Waals surface area contributed by atoms with Crippen LogP contribution in [0.4, 0.5) is 0 Å². The molecular formula is C27H48O6S2. The second-order valence-corrected chi connectivity index (χ2v) is 13.3. The number of esters is 1. The molecule has 0 aromatic rings. The number of hydrogen-bond donors (Lipinski definition) is 2. The largest absolute Gasteiger partial charge is 0.465 e. The van der Waals surface area contributed by atoms with E-state index in [4.69, 9.17) is 14.2 Å². The van der Waals surface area contributed by atoms with Crippen molar-refractivity contribution >= 4 is 29.5 Å². The molecule has 0 aromatic carbocycles. The molecule has 0 saturated carbocycles. The van der Waals surface area contributed by atoms with Crippen molar-refractivity contribution in [2.45, 2.75) is 96.2 Å². The fraction of sp³-hybridized carbons (Fsp3) is 0.815. The normalized spacial score (nSPS) is 19.3. The van der Waals surface area contributed by atoms with Gasteiger partial charge in [0.2, 0.25) is 0 Å². The first-order chi connectivity index (χ1) is 16.5. The molecule has 1 aliphatic rings. The highest BCUT2D eigenvalue weighted by molar-refractivity contribution is 8.18. The Morgan fingerprint density at radius 2 is 1.69 bits per heavy atom. The first-order valence-corrected chi connectivity index (χ1v) is 14.9. The average molecular weight is 533 g/mol. The maximum Gasteiger partial charge on any atom is 0.311 e. The molecule has 0 aromatic heterocycles.